The largest absolute Gasteiger partial charge is 0.349 e. The number of amides is 1. The van der Waals surface area contributed by atoms with Crippen LogP contribution in [0.15, 0.2) is 22.7 Å². The van der Waals surface area contributed by atoms with Gasteiger partial charge in [0.1, 0.15) is 0 Å². The van der Waals surface area contributed by atoms with Gasteiger partial charge in [0.25, 0.3) is 11.6 Å². The highest BCUT2D eigenvalue weighted by molar-refractivity contribution is 9.10. The summed E-state index contributed by atoms with van der Waals surface area (Å²) >= 11 is 3.27. The highest BCUT2D eigenvalue weighted by Gasteiger charge is 2.23. The van der Waals surface area contributed by atoms with Gasteiger partial charge in [-0.15, -0.1) is 0 Å². The number of nitrogens with one attached hydrogen (secondary N) is 2. The summed E-state index contributed by atoms with van der Waals surface area (Å²) in [6.45, 7) is 0. The summed E-state index contributed by atoms with van der Waals surface area (Å²) in [4.78, 5) is 22.6. The first kappa shape index (κ1) is 15.9. The molecule has 1 aromatic carbocycles. The molecule has 21 heavy (non-hydrogen) atoms. The SMILES string of the molecule is CNC1CCC(NC(=O)c2cc([N+](=O)[O-])ccc2Br)CC1. The first-order chi connectivity index (χ1) is 10.0. The van der Waals surface area contributed by atoms with Gasteiger partial charge in [0.05, 0.1) is 10.5 Å². The lowest BCUT2D eigenvalue weighted by atomic mass is 9.91. The number of rotatable bonds is 4. The molecule has 0 unspecified atom stereocenters. The number of hydrogen-bond donors (Lipinski definition) is 2. The van der Waals surface area contributed by atoms with Crippen LogP contribution in [-0.4, -0.2) is 30.0 Å². The van der Waals surface area contributed by atoms with Crippen LogP contribution in [-0.2, 0) is 0 Å². The molecule has 1 saturated carbocycles. The van der Waals surface area contributed by atoms with Gasteiger partial charge in [-0.1, -0.05) is 0 Å². The number of non-ortho nitro benzene ring substituents is 1. The standard InChI is InChI=1S/C14H18BrN3O3/c1-16-9-2-4-10(5-3-9)17-14(19)12-8-11(18(20)21)6-7-13(12)15/h6-10,16H,2-5H2,1H3,(H,17,19). The highest BCUT2D eigenvalue weighted by atomic mass is 79.9. The van der Waals surface area contributed by atoms with Crippen molar-refractivity contribution >= 4 is 27.5 Å². The fourth-order valence-corrected chi connectivity index (χ4v) is 3.02. The lowest BCUT2D eigenvalue weighted by Crippen LogP contribution is -2.41. The van der Waals surface area contributed by atoms with Gasteiger partial charge in [-0.2, -0.15) is 0 Å². The summed E-state index contributed by atoms with van der Waals surface area (Å²) in [7, 11) is 1.95. The van der Waals surface area contributed by atoms with Gasteiger partial charge < -0.3 is 10.6 Å². The Bertz CT molecular complexity index is 542. The number of nitrogens with zero attached hydrogens (tertiary/aromatic N) is 1. The molecule has 2 rings (SSSR count). The second-order valence-electron chi connectivity index (χ2n) is 5.23. The average molecular weight is 356 g/mol. The predicted molar refractivity (Wildman–Crippen MR) is 83.4 cm³/mol. The topological polar surface area (TPSA) is 84.3 Å². The van der Waals surface area contributed by atoms with Crippen molar-refractivity contribution in [1.82, 2.24) is 10.6 Å². The first-order valence-corrected chi connectivity index (χ1v) is 7.72. The van der Waals surface area contributed by atoms with Crippen molar-refractivity contribution in [2.75, 3.05) is 7.05 Å². The number of benzene rings is 1. The van der Waals surface area contributed by atoms with Gasteiger partial charge in [-0.25, -0.2) is 0 Å². The minimum absolute atomic E-state index is 0.0813. The van der Waals surface area contributed by atoms with Crippen LogP contribution >= 0.6 is 15.9 Å². The molecule has 0 aliphatic heterocycles. The van der Waals surface area contributed by atoms with Gasteiger partial charge in [-0.05, 0) is 54.7 Å². The normalized spacial score (nSPS) is 21.8. The summed E-state index contributed by atoms with van der Waals surface area (Å²) < 4.78 is 0.564. The van der Waals surface area contributed by atoms with Crippen molar-refractivity contribution in [2.45, 2.75) is 37.8 Å². The molecule has 0 radical (unpaired) electrons. The average Bonchev–Trinajstić information content (AvgIpc) is 2.48. The van der Waals surface area contributed by atoms with Crippen LogP contribution in [0.1, 0.15) is 36.0 Å². The molecular formula is C14H18BrN3O3. The van der Waals surface area contributed by atoms with E-state index in [2.05, 4.69) is 26.6 Å². The number of halogens is 1. The molecule has 1 fully saturated rings. The lowest BCUT2D eigenvalue weighted by molar-refractivity contribution is -0.384. The molecule has 1 aliphatic carbocycles. The van der Waals surface area contributed by atoms with E-state index in [4.69, 9.17) is 0 Å². The van der Waals surface area contributed by atoms with E-state index in [1.54, 1.807) is 0 Å². The second kappa shape index (κ2) is 7.00. The van der Waals surface area contributed by atoms with E-state index >= 15 is 0 Å². The van der Waals surface area contributed by atoms with E-state index < -0.39 is 4.92 Å². The quantitative estimate of drug-likeness (QED) is 0.642. The molecule has 114 valence electrons. The molecular weight excluding hydrogens is 338 g/mol. The Hall–Kier alpha value is -1.47. The fraction of sp³-hybridized carbons (Fsp3) is 0.500. The molecule has 0 heterocycles. The Balaban J connectivity index is 2.03. The van der Waals surface area contributed by atoms with Crippen molar-refractivity contribution in [2.24, 2.45) is 0 Å². The maximum atomic E-state index is 12.3. The zero-order chi connectivity index (χ0) is 15.4. The molecule has 0 aromatic heterocycles. The van der Waals surface area contributed by atoms with E-state index in [1.807, 2.05) is 7.05 Å². The third kappa shape index (κ3) is 4.01. The highest BCUT2D eigenvalue weighted by Crippen LogP contribution is 2.24. The number of hydrogen-bond acceptors (Lipinski definition) is 4. The monoisotopic (exact) mass is 355 g/mol. The third-order valence-electron chi connectivity index (χ3n) is 3.88. The number of carbonyl (C=O) groups is 1. The van der Waals surface area contributed by atoms with Crippen LogP contribution in [0, 0.1) is 10.1 Å². The molecule has 0 spiro atoms. The summed E-state index contributed by atoms with van der Waals surface area (Å²) in [5.74, 6) is -0.265. The maximum absolute atomic E-state index is 12.3. The van der Waals surface area contributed by atoms with Gasteiger partial charge in [-0.3, -0.25) is 14.9 Å². The van der Waals surface area contributed by atoms with Crippen LogP contribution < -0.4 is 10.6 Å². The van der Waals surface area contributed by atoms with Gasteiger partial charge in [0, 0.05) is 28.7 Å². The van der Waals surface area contributed by atoms with Crippen molar-refractivity contribution in [1.29, 1.82) is 0 Å². The number of nitro groups is 1. The lowest BCUT2D eigenvalue weighted by Gasteiger charge is -2.28. The van der Waals surface area contributed by atoms with Crippen LogP contribution in [0.3, 0.4) is 0 Å². The summed E-state index contributed by atoms with van der Waals surface area (Å²) in [6.07, 6.45) is 3.89. The molecule has 1 amide bonds. The van der Waals surface area contributed by atoms with Gasteiger partial charge in [0.15, 0.2) is 0 Å². The summed E-state index contributed by atoms with van der Waals surface area (Å²) in [5.41, 5.74) is 0.224. The van der Waals surface area contributed by atoms with E-state index in [0.717, 1.165) is 25.7 Å². The molecule has 6 nitrogen and oxygen atoms in total. The van der Waals surface area contributed by atoms with E-state index in [9.17, 15) is 14.9 Å². The predicted octanol–water partition coefficient (Wildman–Crippen LogP) is 2.62. The third-order valence-corrected chi connectivity index (χ3v) is 4.57. The minimum atomic E-state index is -0.499. The smallest absolute Gasteiger partial charge is 0.270 e. The first-order valence-electron chi connectivity index (χ1n) is 6.93. The minimum Gasteiger partial charge on any atom is -0.349 e. The number of carbonyl (C=O) groups excluding carboxylic acids is 1. The Kier molecular flexibility index (Phi) is 5.30. The molecule has 0 bridgehead atoms. The van der Waals surface area contributed by atoms with Crippen molar-refractivity contribution in [3.8, 4) is 0 Å². The summed E-state index contributed by atoms with van der Waals surface area (Å²) in [6, 6.07) is 4.86. The Morgan fingerprint density at radius 2 is 1.90 bits per heavy atom. The number of nitro benzene ring substituents is 1. The Morgan fingerprint density at radius 1 is 1.29 bits per heavy atom. The van der Waals surface area contributed by atoms with Crippen molar-refractivity contribution in [3.05, 3.63) is 38.3 Å². The molecule has 7 heteroatoms. The van der Waals surface area contributed by atoms with Crippen LogP contribution in [0.4, 0.5) is 5.69 Å². The van der Waals surface area contributed by atoms with E-state index in [1.165, 1.54) is 18.2 Å². The van der Waals surface area contributed by atoms with Gasteiger partial charge >= 0.3 is 0 Å². The second-order valence-corrected chi connectivity index (χ2v) is 6.09. The molecule has 1 aromatic rings. The van der Waals surface area contributed by atoms with Gasteiger partial charge in [0.2, 0.25) is 0 Å². The summed E-state index contributed by atoms with van der Waals surface area (Å²) in [5, 5.41) is 17.0. The molecule has 0 saturated heterocycles. The molecule has 2 N–H and O–H groups in total. The molecule has 0 atom stereocenters. The zero-order valence-corrected chi connectivity index (χ0v) is 13.4. The van der Waals surface area contributed by atoms with Crippen molar-refractivity contribution < 1.29 is 9.72 Å². The van der Waals surface area contributed by atoms with E-state index in [-0.39, 0.29) is 17.6 Å². The maximum Gasteiger partial charge on any atom is 0.270 e. The fourth-order valence-electron chi connectivity index (χ4n) is 2.59. The van der Waals surface area contributed by atoms with Crippen LogP contribution in [0.25, 0.3) is 0 Å². The van der Waals surface area contributed by atoms with Crippen LogP contribution in [0.5, 0.6) is 0 Å². The van der Waals surface area contributed by atoms with Crippen molar-refractivity contribution in [3.63, 3.8) is 0 Å². The Morgan fingerprint density at radius 3 is 2.48 bits per heavy atom. The van der Waals surface area contributed by atoms with Crippen LogP contribution in [0.2, 0.25) is 0 Å². The molecule has 1 aliphatic rings. The Labute approximate surface area is 131 Å². The van der Waals surface area contributed by atoms with E-state index in [0.29, 0.717) is 16.1 Å². The zero-order valence-electron chi connectivity index (χ0n) is 11.8.